The van der Waals surface area contributed by atoms with Gasteiger partial charge in [0.1, 0.15) is 0 Å². The molecule has 0 amide bonds. The topological polar surface area (TPSA) is 29.3 Å². The lowest BCUT2D eigenvalue weighted by Gasteiger charge is -2.30. The molecule has 0 rings (SSSR count). The van der Waals surface area contributed by atoms with E-state index >= 15 is 0 Å². The van der Waals surface area contributed by atoms with Crippen LogP contribution in [0.5, 0.6) is 0 Å². The highest BCUT2D eigenvalue weighted by molar-refractivity contribution is 4.73. The van der Waals surface area contributed by atoms with E-state index in [1.807, 2.05) is 0 Å². The molecule has 2 heteroatoms. The highest BCUT2D eigenvalue weighted by Crippen LogP contribution is 2.17. The van der Waals surface area contributed by atoms with Crippen molar-refractivity contribution >= 4 is 0 Å². The average molecular weight is 242 g/mol. The Kier molecular flexibility index (Phi) is 8.89. The third-order valence-electron chi connectivity index (χ3n) is 4.14. The number of hydrogen-bond donors (Lipinski definition) is 1. The number of hydrogen-bond acceptors (Lipinski definition) is 2. The van der Waals surface area contributed by atoms with Crippen LogP contribution in [0.3, 0.4) is 0 Å². The molecule has 17 heavy (non-hydrogen) atoms. The lowest BCUT2D eigenvalue weighted by Crippen LogP contribution is -2.37. The van der Waals surface area contributed by atoms with Crippen LogP contribution in [0.2, 0.25) is 0 Å². The van der Waals surface area contributed by atoms with Crippen molar-refractivity contribution < 1.29 is 0 Å². The average Bonchev–Trinajstić information content (AvgIpc) is 2.31. The molecule has 3 atom stereocenters. The molecule has 0 aromatic carbocycles. The summed E-state index contributed by atoms with van der Waals surface area (Å²) < 4.78 is 0. The van der Waals surface area contributed by atoms with Gasteiger partial charge in [-0.05, 0) is 44.7 Å². The molecule has 0 aliphatic heterocycles. The highest BCUT2D eigenvalue weighted by Gasteiger charge is 2.16. The van der Waals surface area contributed by atoms with Gasteiger partial charge >= 0.3 is 0 Å². The zero-order chi connectivity index (χ0) is 13.4. The Morgan fingerprint density at radius 1 is 1.06 bits per heavy atom. The summed E-state index contributed by atoms with van der Waals surface area (Å²) in [6.45, 7) is 12.5. The van der Waals surface area contributed by atoms with E-state index in [9.17, 15) is 0 Å². The lowest BCUT2D eigenvalue weighted by atomic mass is 9.96. The molecule has 0 aliphatic carbocycles. The first-order chi connectivity index (χ1) is 7.92. The maximum absolute atomic E-state index is 6.11. The van der Waals surface area contributed by atoms with Gasteiger partial charge in [0.25, 0.3) is 0 Å². The zero-order valence-electron chi connectivity index (χ0n) is 12.9. The Balaban J connectivity index is 4.03. The minimum absolute atomic E-state index is 0.346. The fraction of sp³-hybridized carbons (Fsp3) is 1.00. The smallest absolute Gasteiger partial charge is 0.00921 e. The Labute approximate surface area is 109 Å². The molecule has 0 saturated heterocycles. The molecule has 0 aliphatic rings. The van der Waals surface area contributed by atoms with Gasteiger partial charge in [-0.3, -0.25) is 0 Å². The quantitative estimate of drug-likeness (QED) is 0.670. The molecule has 2 N–H and O–H groups in total. The van der Waals surface area contributed by atoms with Crippen molar-refractivity contribution in [2.75, 3.05) is 13.6 Å². The summed E-state index contributed by atoms with van der Waals surface area (Å²) in [5.74, 6) is 1.43. The Morgan fingerprint density at radius 3 is 2.06 bits per heavy atom. The first kappa shape index (κ1) is 16.9. The van der Waals surface area contributed by atoms with Crippen LogP contribution in [0.25, 0.3) is 0 Å². The third-order valence-corrected chi connectivity index (χ3v) is 4.14. The number of nitrogens with zero attached hydrogens (tertiary/aromatic N) is 1. The second kappa shape index (κ2) is 8.93. The van der Waals surface area contributed by atoms with Gasteiger partial charge in [0.15, 0.2) is 0 Å². The predicted molar refractivity (Wildman–Crippen MR) is 78.2 cm³/mol. The molecule has 0 aromatic rings. The zero-order valence-corrected chi connectivity index (χ0v) is 12.9. The van der Waals surface area contributed by atoms with E-state index in [2.05, 4.69) is 46.6 Å². The molecule has 0 radical (unpaired) electrons. The second-order valence-electron chi connectivity index (χ2n) is 5.99. The summed E-state index contributed by atoms with van der Waals surface area (Å²) in [6.07, 6.45) is 4.97. The molecule has 0 spiro atoms. The van der Waals surface area contributed by atoms with E-state index in [-0.39, 0.29) is 0 Å². The van der Waals surface area contributed by atoms with Crippen molar-refractivity contribution in [3.63, 3.8) is 0 Å². The lowest BCUT2D eigenvalue weighted by molar-refractivity contribution is 0.192. The maximum atomic E-state index is 6.11. The van der Waals surface area contributed by atoms with E-state index in [1.165, 1.54) is 19.3 Å². The summed E-state index contributed by atoms with van der Waals surface area (Å²) in [5, 5.41) is 0. The van der Waals surface area contributed by atoms with Crippen molar-refractivity contribution in [1.29, 1.82) is 0 Å². The van der Waals surface area contributed by atoms with Gasteiger partial charge in [-0.25, -0.2) is 0 Å². The molecule has 0 aromatic heterocycles. The predicted octanol–water partition coefficient (Wildman–Crippen LogP) is 3.51. The van der Waals surface area contributed by atoms with Crippen LogP contribution in [0, 0.1) is 11.8 Å². The molecule has 2 nitrogen and oxygen atoms in total. The minimum atomic E-state index is 0.346. The van der Waals surface area contributed by atoms with Gasteiger partial charge in [0.05, 0.1) is 0 Å². The normalized spacial score (nSPS) is 17.5. The minimum Gasteiger partial charge on any atom is -0.327 e. The summed E-state index contributed by atoms with van der Waals surface area (Å²) in [6, 6.07) is 1.07. The number of nitrogens with two attached hydrogens (primary N) is 1. The summed E-state index contributed by atoms with van der Waals surface area (Å²) in [7, 11) is 2.25. The van der Waals surface area contributed by atoms with E-state index in [1.54, 1.807) is 0 Å². The van der Waals surface area contributed by atoms with Gasteiger partial charge in [0, 0.05) is 12.1 Å². The van der Waals surface area contributed by atoms with Crippen LogP contribution >= 0.6 is 0 Å². The Morgan fingerprint density at radius 2 is 1.65 bits per heavy atom. The Bertz CT molecular complexity index is 180. The molecule has 0 bridgehead atoms. The molecule has 0 fully saturated rings. The molecule has 3 unspecified atom stereocenters. The van der Waals surface area contributed by atoms with E-state index in [0.29, 0.717) is 12.0 Å². The maximum Gasteiger partial charge on any atom is 0.00921 e. The van der Waals surface area contributed by atoms with Crippen molar-refractivity contribution in [2.45, 2.75) is 72.4 Å². The van der Waals surface area contributed by atoms with Crippen LogP contribution < -0.4 is 5.73 Å². The van der Waals surface area contributed by atoms with Crippen LogP contribution in [0.1, 0.15) is 60.3 Å². The van der Waals surface area contributed by atoms with Gasteiger partial charge < -0.3 is 10.6 Å². The fourth-order valence-electron chi connectivity index (χ4n) is 2.16. The van der Waals surface area contributed by atoms with Gasteiger partial charge in [-0.15, -0.1) is 0 Å². The van der Waals surface area contributed by atoms with Crippen LogP contribution in [0.15, 0.2) is 0 Å². The standard InChI is InChI=1S/C15H34N2/c1-7-13(5)11-14(8-2)17(6)10-9-15(16)12(3)4/h12-15H,7-11,16H2,1-6H3. The monoisotopic (exact) mass is 242 g/mol. The highest BCUT2D eigenvalue weighted by atomic mass is 15.1. The first-order valence-electron chi connectivity index (χ1n) is 7.38. The third kappa shape index (κ3) is 7.05. The number of rotatable bonds is 9. The molecule has 0 heterocycles. The van der Waals surface area contributed by atoms with Crippen molar-refractivity contribution in [2.24, 2.45) is 17.6 Å². The summed E-state index contributed by atoms with van der Waals surface area (Å²) >= 11 is 0. The second-order valence-corrected chi connectivity index (χ2v) is 5.99. The fourth-order valence-corrected chi connectivity index (χ4v) is 2.16. The molecule has 104 valence electrons. The van der Waals surface area contributed by atoms with Crippen molar-refractivity contribution in [3.05, 3.63) is 0 Å². The molecular formula is C15H34N2. The van der Waals surface area contributed by atoms with E-state index in [4.69, 9.17) is 5.73 Å². The van der Waals surface area contributed by atoms with Gasteiger partial charge in [-0.1, -0.05) is 41.0 Å². The van der Waals surface area contributed by atoms with Gasteiger partial charge in [-0.2, -0.15) is 0 Å². The van der Waals surface area contributed by atoms with Gasteiger partial charge in [0.2, 0.25) is 0 Å². The summed E-state index contributed by atoms with van der Waals surface area (Å²) in [5.41, 5.74) is 6.11. The Hall–Kier alpha value is -0.0800. The first-order valence-corrected chi connectivity index (χ1v) is 7.38. The van der Waals surface area contributed by atoms with E-state index in [0.717, 1.165) is 24.9 Å². The van der Waals surface area contributed by atoms with Crippen LogP contribution in [-0.4, -0.2) is 30.6 Å². The van der Waals surface area contributed by atoms with Crippen LogP contribution in [0.4, 0.5) is 0 Å². The summed E-state index contributed by atoms with van der Waals surface area (Å²) in [4.78, 5) is 2.51. The van der Waals surface area contributed by atoms with Crippen molar-refractivity contribution in [3.8, 4) is 0 Å². The van der Waals surface area contributed by atoms with Crippen molar-refractivity contribution in [1.82, 2.24) is 4.90 Å². The largest absolute Gasteiger partial charge is 0.327 e. The van der Waals surface area contributed by atoms with E-state index < -0.39 is 0 Å². The van der Waals surface area contributed by atoms with Crippen LogP contribution in [-0.2, 0) is 0 Å². The molecular weight excluding hydrogens is 208 g/mol. The SMILES string of the molecule is CCC(C)CC(CC)N(C)CCC(N)C(C)C. The molecule has 0 saturated carbocycles.